The molecule has 0 aromatic rings. The Kier molecular flexibility index (Phi) is 2.55. The van der Waals surface area contributed by atoms with Crippen molar-refractivity contribution in [2.24, 2.45) is 5.10 Å². The highest BCUT2D eigenvalue weighted by Crippen LogP contribution is 2.03. The molecule has 1 N–H and O–H groups in total. The van der Waals surface area contributed by atoms with Crippen molar-refractivity contribution in [3.05, 3.63) is 24.2 Å². The van der Waals surface area contributed by atoms with Crippen molar-refractivity contribution in [1.29, 1.82) is 0 Å². The predicted octanol–water partition coefficient (Wildman–Crippen LogP) is 1.01. The molecule has 1 rings (SSSR count). The topological polar surface area (TPSA) is 33.6 Å². The van der Waals surface area contributed by atoms with Crippen molar-refractivity contribution < 1.29 is 4.74 Å². The Labute approximate surface area is 60.1 Å². The molecule has 1 aliphatic rings. The van der Waals surface area contributed by atoms with E-state index < -0.39 is 0 Å². The summed E-state index contributed by atoms with van der Waals surface area (Å²) in [4.78, 5) is 0. The molecule has 1 aliphatic heterocycles. The molecule has 0 saturated carbocycles. The summed E-state index contributed by atoms with van der Waals surface area (Å²) in [6.45, 7) is 0. The summed E-state index contributed by atoms with van der Waals surface area (Å²) in [6.07, 6.45) is 8.13. The molecule has 0 unspecified atom stereocenters. The molecule has 0 aromatic carbocycles. The molecule has 0 aliphatic carbocycles. The molecule has 0 saturated heterocycles. The summed E-state index contributed by atoms with van der Waals surface area (Å²) in [5.41, 5.74) is 2.64. The van der Waals surface area contributed by atoms with Crippen LogP contribution in [-0.4, -0.2) is 13.3 Å². The van der Waals surface area contributed by atoms with E-state index in [9.17, 15) is 0 Å². The second-order valence-electron chi connectivity index (χ2n) is 1.81. The van der Waals surface area contributed by atoms with Crippen molar-refractivity contribution in [3.63, 3.8) is 0 Å². The van der Waals surface area contributed by atoms with E-state index in [0.717, 1.165) is 12.2 Å². The molecule has 0 atom stereocenters. The van der Waals surface area contributed by atoms with Crippen LogP contribution < -0.4 is 5.43 Å². The van der Waals surface area contributed by atoms with Crippen molar-refractivity contribution >= 4 is 6.21 Å². The predicted molar refractivity (Wildman–Crippen MR) is 40.5 cm³/mol. The summed E-state index contributed by atoms with van der Waals surface area (Å²) in [5.74, 6) is 0.789. The van der Waals surface area contributed by atoms with E-state index in [-0.39, 0.29) is 0 Å². The van der Waals surface area contributed by atoms with Gasteiger partial charge in [0, 0.05) is 7.05 Å². The van der Waals surface area contributed by atoms with Crippen LogP contribution in [0.5, 0.6) is 0 Å². The molecule has 0 radical (unpaired) electrons. The smallest absolute Gasteiger partial charge is 0.142 e. The summed E-state index contributed by atoms with van der Waals surface area (Å²) < 4.78 is 5.07. The van der Waals surface area contributed by atoms with Gasteiger partial charge in [-0.05, 0) is 18.6 Å². The molecule has 0 aromatic heterocycles. The van der Waals surface area contributed by atoms with Gasteiger partial charge in [-0.1, -0.05) is 0 Å². The molecule has 0 fully saturated rings. The lowest BCUT2D eigenvalue weighted by Gasteiger charge is -2.02. The quantitative estimate of drug-likeness (QED) is 0.456. The number of ether oxygens (including phenoxy) is 1. The average molecular weight is 138 g/mol. The van der Waals surface area contributed by atoms with Gasteiger partial charge in [-0.2, -0.15) is 5.10 Å². The number of nitrogens with zero attached hydrogens (tertiary/aromatic N) is 1. The molecule has 3 heteroatoms. The van der Waals surface area contributed by atoms with Crippen LogP contribution in [0.3, 0.4) is 0 Å². The van der Waals surface area contributed by atoms with E-state index in [2.05, 4.69) is 10.5 Å². The van der Waals surface area contributed by atoms with Gasteiger partial charge in [-0.25, -0.2) is 0 Å². The van der Waals surface area contributed by atoms with Crippen LogP contribution in [0.4, 0.5) is 0 Å². The lowest BCUT2D eigenvalue weighted by molar-refractivity contribution is 0.370. The summed E-state index contributed by atoms with van der Waals surface area (Å²) >= 11 is 0. The average Bonchev–Trinajstić information content (AvgIpc) is 2.03. The van der Waals surface area contributed by atoms with Crippen molar-refractivity contribution in [2.75, 3.05) is 7.05 Å². The summed E-state index contributed by atoms with van der Waals surface area (Å²) in [6, 6.07) is 0. The monoisotopic (exact) mass is 138 g/mol. The Hall–Kier alpha value is -1.25. The van der Waals surface area contributed by atoms with E-state index in [1.54, 1.807) is 19.5 Å². The fourth-order valence-electron chi connectivity index (χ4n) is 0.626. The molecule has 10 heavy (non-hydrogen) atoms. The fraction of sp³-hybridized carbons (Fsp3) is 0.286. The van der Waals surface area contributed by atoms with Crippen LogP contribution in [0.1, 0.15) is 6.42 Å². The van der Waals surface area contributed by atoms with Crippen molar-refractivity contribution in [3.8, 4) is 0 Å². The molecule has 0 spiro atoms. The highest BCUT2D eigenvalue weighted by Gasteiger charge is 1.93. The Morgan fingerprint density at radius 3 is 3.30 bits per heavy atom. The first kappa shape index (κ1) is 6.86. The van der Waals surface area contributed by atoms with Crippen LogP contribution >= 0.6 is 0 Å². The Morgan fingerprint density at radius 2 is 2.70 bits per heavy atom. The lowest BCUT2D eigenvalue weighted by Crippen LogP contribution is -1.98. The van der Waals surface area contributed by atoms with Crippen LogP contribution in [0, 0.1) is 0 Å². The van der Waals surface area contributed by atoms with Gasteiger partial charge in [-0.3, -0.25) is 0 Å². The number of hydrogen-bond donors (Lipinski definition) is 1. The summed E-state index contributed by atoms with van der Waals surface area (Å²) in [7, 11) is 1.75. The van der Waals surface area contributed by atoms with Gasteiger partial charge in [0.15, 0.2) is 0 Å². The molecule has 0 bridgehead atoms. The van der Waals surface area contributed by atoms with Crippen LogP contribution in [0.2, 0.25) is 0 Å². The number of nitrogens with one attached hydrogen (secondary N) is 1. The first-order chi connectivity index (χ1) is 4.93. The Balaban J connectivity index is 2.41. The summed E-state index contributed by atoms with van der Waals surface area (Å²) in [5, 5.41) is 3.79. The number of hydrogen-bond acceptors (Lipinski definition) is 3. The second kappa shape index (κ2) is 3.71. The highest BCUT2D eigenvalue weighted by molar-refractivity contribution is 5.75. The third-order valence-corrected chi connectivity index (χ3v) is 1.08. The minimum atomic E-state index is 0.789. The molecule has 1 heterocycles. The van der Waals surface area contributed by atoms with Crippen molar-refractivity contribution in [1.82, 2.24) is 5.43 Å². The minimum absolute atomic E-state index is 0.789. The molecule has 3 nitrogen and oxygen atoms in total. The zero-order valence-electron chi connectivity index (χ0n) is 5.87. The molecule has 54 valence electrons. The minimum Gasteiger partial charge on any atom is -0.464 e. The van der Waals surface area contributed by atoms with E-state index >= 15 is 0 Å². The van der Waals surface area contributed by atoms with Gasteiger partial charge in [0.05, 0.1) is 12.5 Å². The Morgan fingerprint density at radius 1 is 1.80 bits per heavy atom. The van der Waals surface area contributed by atoms with E-state index in [1.807, 2.05) is 12.2 Å². The molecule has 0 amide bonds. The van der Waals surface area contributed by atoms with Gasteiger partial charge >= 0.3 is 0 Å². The molecular formula is C7H10N2O. The lowest BCUT2D eigenvalue weighted by atomic mass is 10.3. The third-order valence-electron chi connectivity index (χ3n) is 1.08. The van der Waals surface area contributed by atoms with E-state index in [4.69, 9.17) is 4.74 Å². The van der Waals surface area contributed by atoms with Crippen LogP contribution in [0.15, 0.2) is 29.3 Å². The third kappa shape index (κ3) is 1.93. The Bertz CT molecular complexity index is 182. The number of hydrazone groups is 1. The van der Waals surface area contributed by atoms with Gasteiger partial charge in [-0.15, -0.1) is 0 Å². The first-order valence-electron chi connectivity index (χ1n) is 3.15. The van der Waals surface area contributed by atoms with Crippen molar-refractivity contribution in [2.45, 2.75) is 6.42 Å². The highest BCUT2D eigenvalue weighted by atomic mass is 16.5. The van der Waals surface area contributed by atoms with Crippen LogP contribution in [-0.2, 0) is 4.74 Å². The molecular weight excluding hydrogens is 128 g/mol. The van der Waals surface area contributed by atoms with Gasteiger partial charge < -0.3 is 10.2 Å². The maximum atomic E-state index is 5.07. The van der Waals surface area contributed by atoms with E-state index in [1.165, 1.54) is 0 Å². The van der Waals surface area contributed by atoms with Gasteiger partial charge in [0.2, 0.25) is 0 Å². The van der Waals surface area contributed by atoms with E-state index in [0.29, 0.717) is 0 Å². The number of rotatable bonds is 2. The normalized spacial score (nSPS) is 16.7. The zero-order chi connectivity index (χ0) is 7.23. The van der Waals surface area contributed by atoms with Gasteiger partial charge in [0.25, 0.3) is 0 Å². The second-order valence-corrected chi connectivity index (χ2v) is 1.81. The standard InChI is InChI=1S/C7H10N2O/c1-8-9-6-7-4-2-3-5-10-7/h3-6,8H,2H2,1H3/b9-6+. The first-order valence-corrected chi connectivity index (χ1v) is 3.15. The van der Waals surface area contributed by atoms with Crippen LogP contribution in [0.25, 0.3) is 0 Å². The number of allylic oxidation sites excluding steroid dienone is 3. The SMILES string of the molecule is CN/N=C/C1=CCC=CO1. The van der Waals surface area contributed by atoms with Gasteiger partial charge in [0.1, 0.15) is 5.76 Å². The maximum Gasteiger partial charge on any atom is 0.142 e. The zero-order valence-corrected chi connectivity index (χ0v) is 5.87. The largest absolute Gasteiger partial charge is 0.464 e. The maximum absolute atomic E-state index is 5.07. The fourth-order valence-corrected chi connectivity index (χ4v) is 0.626.